The van der Waals surface area contributed by atoms with Crippen molar-refractivity contribution in [3.8, 4) is 0 Å². The maximum atomic E-state index is 12.5. The van der Waals surface area contributed by atoms with Gasteiger partial charge in [0.1, 0.15) is 6.33 Å². The minimum Gasteiger partial charge on any atom is -0.316 e. The van der Waals surface area contributed by atoms with Gasteiger partial charge in [-0.2, -0.15) is 0 Å². The molecular formula is C12H17N3O. The Bertz CT molecular complexity index is 369. The smallest absolute Gasteiger partial charge is 0.173 e. The predicted octanol–water partition coefficient (Wildman–Crippen LogP) is 1.29. The van der Waals surface area contributed by atoms with E-state index in [0.717, 1.165) is 19.5 Å². The molecule has 0 saturated carbocycles. The van der Waals surface area contributed by atoms with Crippen LogP contribution in [0.25, 0.3) is 0 Å². The standard InChI is InChI=1S/C12H17N3O/c1-9(2)12(3-4-13-7-12)11(16)10-5-14-8-15-6-10/h5-6,8-9,13H,3-4,7H2,1-2H3. The van der Waals surface area contributed by atoms with E-state index in [4.69, 9.17) is 0 Å². The summed E-state index contributed by atoms with van der Waals surface area (Å²) in [5.74, 6) is 0.503. The number of nitrogens with one attached hydrogen (secondary N) is 1. The Labute approximate surface area is 95.5 Å². The van der Waals surface area contributed by atoms with Gasteiger partial charge in [0.2, 0.25) is 0 Å². The average Bonchev–Trinajstić information content (AvgIpc) is 2.79. The molecule has 1 unspecified atom stereocenters. The lowest BCUT2D eigenvalue weighted by Crippen LogP contribution is -2.38. The molecule has 86 valence electrons. The molecule has 1 aromatic heterocycles. The van der Waals surface area contributed by atoms with Crippen molar-refractivity contribution in [3.63, 3.8) is 0 Å². The second-order valence-electron chi connectivity index (χ2n) is 4.69. The van der Waals surface area contributed by atoms with E-state index in [0.29, 0.717) is 11.5 Å². The number of rotatable bonds is 3. The molecule has 0 aromatic carbocycles. The largest absolute Gasteiger partial charge is 0.316 e. The molecule has 0 radical (unpaired) electrons. The molecule has 0 spiro atoms. The van der Waals surface area contributed by atoms with Crippen molar-refractivity contribution in [1.82, 2.24) is 15.3 Å². The summed E-state index contributed by atoms with van der Waals surface area (Å²) in [6.07, 6.45) is 5.57. The average molecular weight is 219 g/mol. The van der Waals surface area contributed by atoms with Crippen LogP contribution in [0.15, 0.2) is 18.7 Å². The van der Waals surface area contributed by atoms with Gasteiger partial charge in [-0.3, -0.25) is 4.79 Å². The lowest BCUT2D eigenvalue weighted by atomic mass is 9.71. The van der Waals surface area contributed by atoms with Crippen LogP contribution >= 0.6 is 0 Å². The Morgan fingerprint density at radius 3 is 2.62 bits per heavy atom. The van der Waals surface area contributed by atoms with E-state index in [2.05, 4.69) is 29.1 Å². The second kappa shape index (κ2) is 4.29. The number of aromatic nitrogens is 2. The van der Waals surface area contributed by atoms with Crippen LogP contribution in [-0.2, 0) is 0 Å². The molecule has 1 aliphatic heterocycles. The first-order valence-corrected chi connectivity index (χ1v) is 5.67. The summed E-state index contributed by atoms with van der Waals surface area (Å²) in [6.45, 7) is 5.89. The monoisotopic (exact) mass is 219 g/mol. The lowest BCUT2D eigenvalue weighted by Gasteiger charge is -2.30. The molecule has 0 amide bonds. The number of carbonyl (C=O) groups excluding carboxylic acids is 1. The summed E-state index contributed by atoms with van der Waals surface area (Å²) in [6, 6.07) is 0. The van der Waals surface area contributed by atoms with Gasteiger partial charge in [-0.25, -0.2) is 9.97 Å². The highest BCUT2D eigenvalue weighted by Crippen LogP contribution is 2.37. The van der Waals surface area contributed by atoms with Crippen molar-refractivity contribution in [2.24, 2.45) is 11.3 Å². The third-order valence-electron chi connectivity index (χ3n) is 3.57. The van der Waals surface area contributed by atoms with Gasteiger partial charge in [0.05, 0.1) is 5.56 Å². The first kappa shape index (κ1) is 11.2. The van der Waals surface area contributed by atoms with Crippen molar-refractivity contribution < 1.29 is 4.79 Å². The van der Waals surface area contributed by atoms with Crippen LogP contribution < -0.4 is 5.32 Å². The SMILES string of the molecule is CC(C)C1(C(=O)c2cncnc2)CCNC1. The van der Waals surface area contributed by atoms with Gasteiger partial charge >= 0.3 is 0 Å². The fourth-order valence-corrected chi connectivity index (χ4v) is 2.36. The molecule has 1 N–H and O–H groups in total. The van der Waals surface area contributed by atoms with Gasteiger partial charge in [0.15, 0.2) is 5.78 Å². The third-order valence-corrected chi connectivity index (χ3v) is 3.57. The molecule has 1 fully saturated rings. The van der Waals surface area contributed by atoms with Gasteiger partial charge in [0.25, 0.3) is 0 Å². The number of carbonyl (C=O) groups is 1. The molecule has 16 heavy (non-hydrogen) atoms. The van der Waals surface area contributed by atoms with E-state index in [1.54, 1.807) is 12.4 Å². The van der Waals surface area contributed by atoms with Crippen molar-refractivity contribution in [1.29, 1.82) is 0 Å². The summed E-state index contributed by atoms with van der Waals surface area (Å²) >= 11 is 0. The summed E-state index contributed by atoms with van der Waals surface area (Å²) in [5.41, 5.74) is 0.352. The fraction of sp³-hybridized carbons (Fsp3) is 0.583. The lowest BCUT2D eigenvalue weighted by molar-refractivity contribution is 0.0739. The number of ketones is 1. The first-order valence-electron chi connectivity index (χ1n) is 5.67. The predicted molar refractivity (Wildman–Crippen MR) is 61.1 cm³/mol. The minimum atomic E-state index is -0.273. The van der Waals surface area contributed by atoms with Gasteiger partial charge in [-0.1, -0.05) is 13.8 Å². The van der Waals surface area contributed by atoms with E-state index in [-0.39, 0.29) is 11.2 Å². The van der Waals surface area contributed by atoms with E-state index in [1.807, 2.05) is 0 Å². The van der Waals surface area contributed by atoms with Gasteiger partial charge in [-0.05, 0) is 18.9 Å². The maximum absolute atomic E-state index is 12.5. The van der Waals surface area contributed by atoms with E-state index >= 15 is 0 Å². The zero-order valence-electron chi connectivity index (χ0n) is 9.73. The Balaban J connectivity index is 2.32. The van der Waals surface area contributed by atoms with Crippen molar-refractivity contribution in [2.45, 2.75) is 20.3 Å². The summed E-state index contributed by atoms with van der Waals surface area (Å²) in [7, 11) is 0. The van der Waals surface area contributed by atoms with Gasteiger partial charge in [-0.15, -0.1) is 0 Å². The van der Waals surface area contributed by atoms with E-state index in [1.165, 1.54) is 6.33 Å². The van der Waals surface area contributed by atoms with Crippen LogP contribution in [0.2, 0.25) is 0 Å². The van der Waals surface area contributed by atoms with Crippen LogP contribution in [0.5, 0.6) is 0 Å². The number of hydrogen-bond acceptors (Lipinski definition) is 4. The normalized spacial score (nSPS) is 24.9. The molecule has 4 nitrogen and oxygen atoms in total. The summed E-state index contributed by atoms with van der Waals surface area (Å²) < 4.78 is 0. The van der Waals surface area contributed by atoms with Gasteiger partial charge < -0.3 is 5.32 Å². The Kier molecular flexibility index (Phi) is 3.01. The molecule has 1 atom stereocenters. The number of hydrogen-bond donors (Lipinski definition) is 1. The zero-order chi connectivity index (χ0) is 11.6. The molecule has 2 heterocycles. The maximum Gasteiger partial charge on any atom is 0.173 e. The summed E-state index contributed by atoms with van der Waals surface area (Å²) in [4.78, 5) is 20.3. The van der Waals surface area contributed by atoms with Crippen LogP contribution in [0.3, 0.4) is 0 Å². The molecular weight excluding hydrogens is 202 g/mol. The Hall–Kier alpha value is -1.29. The number of Topliss-reactive ketones (excluding diaryl/α,β-unsaturated/α-hetero) is 1. The highest BCUT2D eigenvalue weighted by atomic mass is 16.1. The molecule has 1 aromatic rings. The van der Waals surface area contributed by atoms with Crippen molar-refractivity contribution in [2.75, 3.05) is 13.1 Å². The highest BCUT2D eigenvalue weighted by molar-refractivity contribution is 6.00. The molecule has 2 rings (SSSR count). The van der Waals surface area contributed by atoms with Crippen LogP contribution in [0, 0.1) is 11.3 Å². The topological polar surface area (TPSA) is 54.9 Å². The molecule has 0 aliphatic carbocycles. The third kappa shape index (κ3) is 1.73. The van der Waals surface area contributed by atoms with Gasteiger partial charge in [0, 0.05) is 24.4 Å². The van der Waals surface area contributed by atoms with Crippen LogP contribution in [-0.4, -0.2) is 28.8 Å². The zero-order valence-corrected chi connectivity index (χ0v) is 9.73. The molecule has 4 heteroatoms. The Morgan fingerprint density at radius 2 is 2.12 bits per heavy atom. The van der Waals surface area contributed by atoms with Crippen LogP contribution in [0.4, 0.5) is 0 Å². The molecule has 0 bridgehead atoms. The van der Waals surface area contributed by atoms with Crippen molar-refractivity contribution in [3.05, 3.63) is 24.3 Å². The Morgan fingerprint density at radius 1 is 1.44 bits per heavy atom. The molecule has 1 saturated heterocycles. The summed E-state index contributed by atoms with van der Waals surface area (Å²) in [5, 5.41) is 3.28. The quantitative estimate of drug-likeness (QED) is 0.778. The second-order valence-corrected chi connectivity index (χ2v) is 4.69. The fourth-order valence-electron chi connectivity index (χ4n) is 2.36. The van der Waals surface area contributed by atoms with Crippen LogP contribution in [0.1, 0.15) is 30.6 Å². The van der Waals surface area contributed by atoms with E-state index < -0.39 is 0 Å². The first-order chi connectivity index (χ1) is 7.67. The minimum absolute atomic E-state index is 0.174. The van der Waals surface area contributed by atoms with E-state index in [9.17, 15) is 4.79 Å². The number of nitrogens with zero attached hydrogens (tertiary/aromatic N) is 2. The highest BCUT2D eigenvalue weighted by Gasteiger charge is 2.44. The van der Waals surface area contributed by atoms with Crippen molar-refractivity contribution >= 4 is 5.78 Å². The molecule has 1 aliphatic rings.